The van der Waals surface area contributed by atoms with Crippen LogP contribution in [0.4, 0.5) is 5.95 Å². The number of anilines is 1. The van der Waals surface area contributed by atoms with Crippen LogP contribution in [0.2, 0.25) is 0 Å². The summed E-state index contributed by atoms with van der Waals surface area (Å²) in [7, 11) is 0. The maximum atomic E-state index is 5.57. The molecule has 2 N–H and O–H groups in total. The van der Waals surface area contributed by atoms with Crippen LogP contribution in [0.3, 0.4) is 0 Å². The van der Waals surface area contributed by atoms with E-state index in [-0.39, 0.29) is 12.4 Å². The summed E-state index contributed by atoms with van der Waals surface area (Å²) in [5.74, 6) is 1.36. The summed E-state index contributed by atoms with van der Waals surface area (Å²) in [6, 6.07) is 6.13. The fourth-order valence-corrected chi connectivity index (χ4v) is 1.47. The molecule has 0 aliphatic rings. The lowest BCUT2D eigenvalue weighted by Crippen LogP contribution is -2.03. The lowest BCUT2D eigenvalue weighted by molar-refractivity contribution is 1.15. The normalized spacial score (nSPS) is 10.0. The first-order valence-corrected chi connectivity index (χ1v) is 5.09. The molecular formula is C10H13Cl2N3. The molecule has 2 rings (SSSR count). The minimum absolute atomic E-state index is 0. The van der Waals surface area contributed by atoms with Crippen LogP contribution in [-0.4, -0.2) is 22.4 Å². The number of aryl methyl sites for hydroxylation is 1. The summed E-state index contributed by atoms with van der Waals surface area (Å²) in [6.45, 7) is 2.78. The van der Waals surface area contributed by atoms with Gasteiger partial charge in [-0.3, -0.25) is 0 Å². The summed E-state index contributed by atoms with van der Waals surface area (Å²) in [5, 5.41) is 3.10. The molecule has 1 heterocycles. The maximum Gasteiger partial charge on any atom is 0.201 e. The van der Waals surface area contributed by atoms with Crippen molar-refractivity contribution in [3.8, 4) is 0 Å². The molecule has 2 aromatic rings. The second kappa shape index (κ2) is 5.24. The first-order chi connectivity index (χ1) is 6.79. The monoisotopic (exact) mass is 245 g/mol. The smallest absolute Gasteiger partial charge is 0.201 e. The van der Waals surface area contributed by atoms with Gasteiger partial charge in [0.2, 0.25) is 5.95 Å². The average molecular weight is 246 g/mol. The largest absolute Gasteiger partial charge is 0.355 e. The second-order valence-electron chi connectivity index (χ2n) is 3.22. The van der Waals surface area contributed by atoms with Gasteiger partial charge in [-0.25, -0.2) is 4.98 Å². The molecule has 0 unspecified atom stereocenters. The van der Waals surface area contributed by atoms with E-state index in [1.165, 1.54) is 5.56 Å². The first-order valence-electron chi connectivity index (χ1n) is 4.56. The van der Waals surface area contributed by atoms with E-state index >= 15 is 0 Å². The highest BCUT2D eigenvalue weighted by atomic mass is 35.5. The van der Waals surface area contributed by atoms with Crippen LogP contribution in [0.5, 0.6) is 0 Å². The molecule has 0 saturated heterocycles. The molecule has 0 bridgehead atoms. The van der Waals surface area contributed by atoms with Crippen molar-refractivity contribution in [2.75, 3.05) is 17.7 Å². The van der Waals surface area contributed by atoms with Crippen molar-refractivity contribution in [2.24, 2.45) is 0 Å². The number of nitrogens with one attached hydrogen (secondary N) is 2. The van der Waals surface area contributed by atoms with E-state index < -0.39 is 0 Å². The lowest BCUT2D eigenvalue weighted by Gasteiger charge is -1.95. The average Bonchev–Trinajstić information content (AvgIpc) is 2.56. The fourth-order valence-electron chi connectivity index (χ4n) is 1.37. The molecule has 3 nitrogen and oxygen atoms in total. The Morgan fingerprint density at radius 2 is 2.27 bits per heavy atom. The van der Waals surface area contributed by atoms with E-state index in [1.807, 2.05) is 6.07 Å². The number of aromatic amines is 1. The van der Waals surface area contributed by atoms with Gasteiger partial charge in [-0.05, 0) is 24.6 Å². The molecule has 0 atom stereocenters. The molecule has 0 aliphatic heterocycles. The Balaban J connectivity index is 0.00000112. The van der Waals surface area contributed by atoms with E-state index in [9.17, 15) is 0 Å². The predicted octanol–water partition coefficient (Wildman–Crippen LogP) is 2.94. The van der Waals surface area contributed by atoms with Gasteiger partial charge in [0, 0.05) is 12.4 Å². The van der Waals surface area contributed by atoms with Crippen LogP contribution in [0.25, 0.3) is 11.0 Å². The van der Waals surface area contributed by atoms with Crippen molar-refractivity contribution in [1.82, 2.24) is 9.97 Å². The highest BCUT2D eigenvalue weighted by Crippen LogP contribution is 2.15. The highest BCUT2D eigenvalue weighted by Gasteiger charge is 2.00. The zero-order chi connectivity index (χ0) is 9.97. The third kappa shape index (κ3) is 2.76. The molecule has 1 aromatic heterocycles. The van der Waals surface area contributed by atoms with Crippen molar-refractivity contribution >= 4 is 41.0 Å². The van der Waals surface area contributed by atoms with E-state index in [4.69, 9.17) is 11.6 Å². The summed E-state index contributed by atoms with van der Waals surface area (Å²) in [4.78, 5) is 7.56. The van der Waals surface area contributed by atoms with Gasteiger partial charge in [-0.2, -0.15) is 0 Å². The number of nitrogens with zero attached hydrogens (tertiary/aromatic N) is 1. The molecule has 82 valence electrons. The van der Waals surface area contributed by atoms with Crippen LogP contribution in [0, 0.1) is 6.92 Å². The number of H-pyrrole nitrogens is 1. The van der Waals surface area contributed by atoms with Gasteiger partial charge in [0.15, 0.2) is 0 Å². The van der Waals surface area contributed by atoms with Gasteiger partial charge in [0.05, 0.1) is 11.0 Å². The fraction of sp³-hybridized carbons (Fsp3) is 0.300. The number of imidazole rings is 1. The molecule has 1 aromatic carbocycles. The van der Waals surface area contributed by atoms with Gasteiger partial charge in [0.1, 0.15) is 0 Å². The Morgan fingerprint density at radius 3 is 3.00 bits per heavy atom. The van der Waals surface area contributed by atoms with E-state index in [0.717, 1.165) is 23.5 Å². The summed E-state index contributed by atoms with van der Waals surface area (Å²) in [5.41, 5.74) is 3.26. The number of fused-ring (bicyclic) bond motifs is 1. The Labute approximate surface area is 99.6 Å². The number of alkyl halides is 1. The molecule has 0 spiro atoms. The maximum absolute atomic E-state index is 5.57. The third-order valence-electron chi connectivity index (χ3n) is 2.02. The number of hydrogen-bond acceptors (Lipinski definition) is 2. The summed E-state index contributed by atoms with van der Waals surface area (Å²) < 4.78 is 0. The Kier molecular flexibility index (Phi) is 4.24. The number of hydrogen-bond donors (Lipinski definition) is 2. The molecule has 0 amide bonds. The van der Waals surface area contributed by atoms with Gasteiger partial charge in [-0.1, -0.05) is 6.07 Å². The van der Waals surface area contributed by atoms with Crippen LogP contribution >= 0.6 is 24.0 Å². The third-order valence-corrected chi connectivity index (χ3v) is 2.21. The van der Waals surface area contributed by atoms with Crippen molar-refractivity contribution in [3.05, 3.63) is 23.8 Å². The molecule has 0 aliphatic carbocycles. The van der Waals surface area contributed by atoms with Crippen molar-refractivity contribution in [2.45, 2.75) is 6.92 Å². The Bertz CT molecular complexity index is 439. The molecule has 5 heteroatoms. The van der Waals surface area contributed by atoms with E-state index in [0.29, 0.717) is 5.88 Å². The summed E-state index contributed by atoms with van der Waals surface area (Å²) in [6.07, 6.45) is 0. The van der Waals surface area contributed by atoms with Gasteiger partial charge >= 0.3 is 0 Å². The minimum Gasteiger partial charge on any atom is -0.355 e. The Hall–Kier alpha value is -0.930. The van der Waals surface area contributed by atoms with E-state index in [1.54, 1.807) is 0 Å². The second-order valence-corrected chi connectivity index (χ2v) is 3.60. The van der Waals surface area contributed by atoms with Gasteiger partial charge in [-0.15, -0.1) is 24.0 Å². The SMILES string of the molecule is Cc1ccc2nc(NCCCl)[nH]c2c1.Cl. The minimum atomic E-state index is 0. The van der Waals surface area contributed by atoms with E-state index in [2.05, 4.69) is 34.3 Å². The quantitative estimate of drug-likeness (QED) is 0.817. The first kappa shape index (κ1) is 12.1. The zero-order valence-corrected chi connectivity index (χ0v) is 9.95. The van der Waals surface area contributed by atoms with Gasteiger partial charge < -0.3 is 10.3 Å². The van der Waals surface area contributed by atoms with Crippen molar-refractivity contribution < 1.29 is 0 Å². The number of halogens is 2. The molecule has 15 heavy (non-hydrogen) atoms. The highest BCUT2D eigenvalue weighted by molar-refractivity contribution is 6.18. The zero-order valence-electron chi connectivity index (χ0n) is 8.38. The predicted molar refractivity (Wildman–Crippen MR) is 67.3 cm³/mol. The van der Waals surface area contributed by atoms with Crippen molar-refractivity contribution in [1.29, 1.82) is 0 Å². The van der Waals surface area contributed by atoms with Crippen LogP contribution < -0.4 is 5.32 Å². The molecular weight excluding hydrogens is 233 g/mol. The standard InChI is InChI=1S/C10H12ClN3.ClH/c1-7-2-3-8-9(6-7)14-10(13-8)12-5-4-11;/h2-3,6H,4-5H2,1H3,(H2,12,13,14);1H. The Morgan fingerprint density at radius 1 is 1.47 bits per heavy atom. The van der Waals surface area contributed by atoms with Crippen molar-refractivity contribution in [3.63, 3.8) is 0 Å². The number of aromatic nitrogens is 2. The van der Waals surface area contributed by atoms with Gasteiger partial charge in [0.25, 0.3) is 0 Å². The summed E-state index contributed by atoms with van der Waals surface area (Å²) >= 11 is 5.57. The van der Waals surface area contributed by atoms with Crippen LogP contribution in [0.15, 0.2) is 18.2 Å². The molecule has 0 fully saturated rings. The van der Waals surface area contributed by atoms with Crippen LogP contribution in [0.1, 0.15) is 5.56 Å². The topological polar surface area (TPSA) is 40.7 Å². The van der Waals surface area contributed by atoms with Crippen LogP contribution in [-0.2, 0) is 0 Å². The lowest BCUT2D eigenvalue weighted by atomic mass is 10.2. The molecule has 0 saturated carbocycles. The molecule has 0 radical (unpaired) electrons. The number of benzene rings is 1. The number of rotatable bonds is 3.